The first-order valence-electron chi connectivity index (χ1n) is 3.97. The monoisotopic (exact) mass is 258 g/mol. The third kappa shape index (κ3) is 2.64. The van der Waals surface area contributed by atoms with Crippen molar-refractivity contribution in [2.45, 2.75) is 19.8 Å². The SMILES string of the molecule is Cc1c[c-]cc(C)c1C(C#N)C#N.[Y]. The van der Waals surface area contributed by atoms with Gasteiger partial charge in [0.05, 0.1) is 12.1 Å². The molecule has 0 N–H and O–H groups in total. The predicted molar refractivity (Wildman–Crippen MR) is 48.7 cm³/mol. The normalized spacial score (nSPS) is 8.64. The molecule has 3 heteroatoms. The Morgan fingerprint density at radius 3 is 1.93 bits per heavy atom. The Labute approximate surface area is 109 Å². The van der Waals surface area contributed by atoms with E-state index in [2.05, 4.69) is 6.07 Å². The van der Waals surface area contributed by atoms with Gasteiger partial charge in [0.25, 0.3) is 0 Å². The van der Waals surface area contributed by atoms with Crippen LogP contribution in [0.5, 0.6) is 0 Å². The molecule has 0 saturated heterocycles. The van der Waals surface area contributed by atoms with Crippen molar-refractivity contribution in [3.8, 4) is 12.1 Å². The van der Waals surface area contributed by atoms with E-state index in [4.69, 9.17) is 10.5 Å². The van der Waals surface area contributed by atoms with Gasteiger partial charge in [-0.3, -0.25) is 0 Å². The maximum atomic E-state index is 8.75. The van der Waals surface area contributed by atoms with E-state index in [0.29, 0.717) is 0 Å². The largest absolute Gasteiger partial charge is 0.197 e. The van der Waals surface area contributed by atoms with Crippen molar-refractivity contribution in [2.75, 3.05) is 0 Å². The molecule has 0 unspecified atom stereocenters. The number of benzene rings is 1. The summed E-state index contributed by atoms with van der Waals surface area (Å²) >= 11 is 0. The van der Waals surface area contributed by atoms with Crippen LogP contribution in [0, 0.1) is 42.6 Å². The Morgan fingerprint density at radius 2 is 1.57 bits per heavy atom. The smallest absolute Gasteiger partial charge is 0.137 e. The van der Waals surface area contributed by atoms with Crippen LogP contribution in [0.1, 0.15) is 22.6 Å². The van der Waals surface area contributed by atoms with Crippen molar-refractivity contribution in [2.24, 2.45) is 0 Å². The van der Waals surface area contributed by atoms with Gasteiger partial charge >= 0.3 is 0 Å². The Bertz CT molecular complexity index is 364. The minimum Gasteiger partial charge on any atom is -0.197 e. The van der Waals surface area contributed by atoms with Gasteiger partial charge in [0.15, 0.2) is 0 Å². The van der Waals surface area contributed by atoms with E-state index in [-0.39, 0.29) is 32.7 Å². The molecule has 0 aliphatic carbocycles. The molecule has 0 bridgehead atoms. The summed E-state index contributed by atoms with van der Waals surface area (Å²) in [6, 6.07) is 10.5. The molecular formula is C11H9N2Y-. The van der Waals surface area contributed by atoms with Gasteiger partial charge in [-0.15, -0.1) is 5.56 Å². The minimum absolute atomic E-state index is 0. The molecule has 0 aromatic heterocycles. The first kappa shape index (κ1) is 13.3. The van der Waals surface area contributed by atoms with Crippen LogP contribution >= 0.6 is 0 Å². The molecule has 0 heterocycles. The third-order valence-corrected chi connectivity index (χ3v) is 2.00. The van der Waals surface area contributed by atoms with E-state index in [1.165, 1.54) is 0 Å². The number of rotatable bonds is 1. The van der Waals surface area contributed by atoms with Gasteiger partial charge in [-0.25, -0.2) is 0 Å². The van der Waals surface area contributed by atoms with Crippen LogP contribution in [0.4, 0.5) is 0 Å². The van der Waals surface area contributed by atoms with E-state index in [1.807, 2.05) is 26.0 Å². The first-order chi connectivity index (χ1) is 6.20. The average molecular weight is 258 g/mol. The van der Waals surface area contributed by atoms with E-state index < -0.39 is 5.92 Å². The van der Waals surface area contributed by atoms with Crippen LogP contribution < -0.4 is 0 Å². The van der Waals surface area contributed by atoms with Crippen molar-refractivity contribution < 1.29 is 32.7 Å². The quantitative estimate of drug-likeness (QED) is 0.725. The fourth-order valence-electron chi connectivity index (χ4n) is 1.37. The van der Waals surface area contributed by atoms with Crippen LogP contribution in [-0.4, -0.2) is 0 Å². The average Bonchev–Trinajstić information content (AvgIpc) is 2.11. The zero-order valence-electron chi connectivity index (χ0n) is 8.20. The molecule has 0 amide bonds. The van der Waals surface area contributed by atoms with E-state index in [1.54, 1.807) is 12.1 Å². The Hall–Kier alpha value is -0.696. The fourth-order valence-corrected chi connectivity index (χ4v) is 1.37. The standard InChI is InChI=1S/C11H9N2.Y/c1-8-4-3-5-9(2)11(8)10(6-12)7-13;/h4-5,10H,1-2H3;/q-1;. The summed E-state index contributed by atoms with van der Waals surface area (Å²) in [5.74, 6) is -0.658. The number of hydrogen-bond donors (Lipinski definition) is 0. The van der Waals surface area contributed by atoms with Gasteiger partial charge in [0, 0.05) is 32.7 Å². The summed E-state index contributed by atoms with van der Waals surface area (Å²) in [5.41, 5.74) is 2.73. The molecular weight excluding hydrogens is 249 g/mol. The summed E-state index contributed by atoms with van der Waals surface area (Å²) in [6.07, 6.45) is 0. The molecule has 67 valence electrons. The van der Waals surface area contributed by atoms with Crippen molar-refractivity contribution in [3.05, 3.63) is 34.9 Å². The van der Waals surface area contributed by atoms with Crippen LogP contribution in [0.2, 0.25) is 0 Å². The van der Waals surface area contributed by atoms with Crippen LogP contribution in [0.15, 0.2) is 12.1 Å². The molecule has 0 fully saturated rings. The maximum absolute atomic E-state index is 8.75. The maximum Gasteiger partial charge on any atom is 0.137 e. The second kappa shape index (κ2) is 5.91. The van der Waals surface area contributed by atoms with E-state index >= 15 is 0 Å². The molecule has 1 aromatic rings. The number of hydrogen-bond acceptors (Lipinski definition) is 2. The van der Waals surface area contributed by atoms with E-state index in [0.717, 1.165) is 16.7 Å². The topological polar surface area (TPSA) is 47.6 Å². The number of nitriles is 2. The van der Waals surface area contributed by atoms with Gasteiger partial charge in [-0.2, -0.15) is 39.8 Å². The summed E-state index contributed by atoms with van der Waals surface area (Å²) in [6.45, 7) is 3.78. The Morgan fingerprint density at radius 1 is 1.14 bits per heavy atom. The predicted octanol–water partition coefficient (Wildman–Crippen LogP) is 2.23. The Balaban J connectivity index is 0.00000169. The van der Waals surface area contributed by atoms with E-state index in [9.17, 15) is 0 Å². The molecule has 0 spiro atoms. The fraction of sp³-hybridized carbons (Fsp3) is 0.273. The zero-order chi connectivity index (χ0) is 9.84. The zero-order valence-corrected chi connectivity index (χ0v) is 11.0. The third-order valence-electron chi connectivity index (χ3n) is 2.00. The molecule has 0 atom stereocenters. The van der Waals surface area contributed by atoms with Gasteiger partial charge in [0.2, 0.25) is 0 Å². The number of nitrogens with zero attached hydrogens (tertiary/aromatic N) is 2. The second-order valence-electron chi connectivity index (χ2n) is 2.93. The second-order valence-corrected chi connectivity index (χ2v) is 2.93. The molecule has 2 nitrogen and oxygen atoms in total. The molecule has 1 rings (SSSR count). The summed E-state index contributed by atoms with van der Waals surface area (Å²) in [7, 11) is 0. The molecule has 14 heavy (non-hydrogen) atoms. The molecule has 0 saturated carbocycles. The van der Waals surface area contributed by atoms with Crippen LogP contribution in [0.25, 0.3) is 0 Å². The Kier molecular flexibility index (Phi) is 5.62. The van der Waals surface area contributed by atoms with Crippen LogP contribution in [-0.2, 0) is 32.7 Å². The first-order valence-corrected chi connectivity index (χ1v) is 3.97. The van der Waals surface area contributed by atoms with Crippen LogP contribution in [0.3, 0.4) is 0 Å². The molecule has 1 aromatic carbocycles. The molecule has 0 aliphatic heterocycles. The van der Waals surface area contributed by atoms with Gasteiger partial charge in [-0.1, -0.05) is 13.8 Å². The summed E-state index contributed by atoms with van der Waals surface area (Å²) in [4.78, 5) is 0. The summed E-state index contributed by atoms with van der Waals surface area (Å²) in [5, 5.41) is 17.5. The van der Waals surface area contributed by atoms with Gasteiger partial charge in [0.1, 0.15) is 5.92 Å². The van der Waals surface area contributed by atoms with Gasteiger partial charge < -0.3 is 0 Å². The molecule has 0 aliphatic rings. The number of aryl methyl sites for hydroxylation is 2. The van der Waals surface area contributed by atoms with Crippen molar-refractivity contribution in [3.63, 3.8) is 0 Å². The van der Waals surface area contributed by atoms with Crippen molar-refractivity contribution in [1.82, 2.24) is 0 Å². The van der Waals surface area contributed by atoms with Crippen molar-refractivity contribution >= 4 is 0 Å². The van der Waals surface area contributed by atoms with Crippen molar-refractivity contribution in [1.29, 1.82) is 10.5 Å². The van der Waals surface area contributed by atoms with Gasteiger partial charge in [-0.05, 0) is 0 Å². The summed E-state index contributed by atoms with van der Waals surface area (Å²) < 4.78 is 0. The molecule has 1 radical (unpaired) electrons. The minimum atomic E-state index is -0.658.